The van der Waals surface area contributed by atoms with Crippen LogP contribution in [0.15, 0.2) is 48.5 Å². The van der Waals surface area contributed by atoms with Gasteiger partial charge in [0.15, 0.2) is 0 Å². The number of nitrogens with one attached hydrogen (secondary N) is 1. The second-order valence-electron chi connectivity index (χ2n) is 5.67. The largest absolute Gasteiger partial charge is 0.478 e. The minimum Gasteiger partial charge on any atom is -0.478 e. The van der Waals surface area contributed by atoms with Gasteiger partial charge in [0.1, 0.15) is 0 Å². The Hall–Kier alpha value is -1.88. The van der Waals surface area contributed by atoms with Crippen molar-refractivity contribution in [2.24, 2.45) is 0 Å². The van der Waals surface area contributed by atoms with Crippen molar-refractivity contribution in [3.05, 3.63) is 70.2 Å². The van der Waals surface area contributed by atoms with E-state index in [1.807, 2.05) is 36.4 Å². The summed E-state index contributed by atoms with van der Waals surface area (Å²) in [6.07, 6.45) is 0. The van der Waals surface area contributed by atoms with Gasteiger partial charge in [0.25, 0.3) is 0 Å². The summed E-state index contributed by atoms with van der Waals surface area (Å²) in [5.74, 6) is -0.901. The van der Waals surface area contributed by atoms with Crippen LogP contribution in [0.25, 0.3) is 0 Å². The molecule has 0 saturated carbocycles. The monoisotopic (exact) mass is 330 g/mol. The molecule has 2 aromatic rings. The van der Waals surface area contributed by atoms with Crippen molar-refractivity contribution >= 4 is 17.6 Å². The zero-order chi connectivity index (χ0) is 16.2. The van der Waals surface area contributed by atoms with Crippen LogP contribution >= 0.6 is 11.6 Å². The summed E-state index contributed by atoms with van der Waals surface area (Å²) in [6, 6.07) is 15.1. The number of hydrogen-bond acceptors (Lipinski definition) is 3. The molecule has 0 aromatic heterocycles. The Morgan fingerprint density at radius 1 is 1.00 bits per heavy atom. The van der Waals surface area contributed by atoms with Crippen LogP contribution in [0, 0.1) is 0 Å². The van der Waals surface area contributed by atoms with Crippen molar-refractivity contribution in [3.8, 4) is 0 Å². The number of carbonyl (C=O) groups is 1. The van der Waals surface area contributed by atoms with Crippen molar-refractivity contribution in [1.29, 1.82) is 0 Å². The van der Waals surface area contributed by atoms with Gasteiger partial charge in [-0.05, 0) is 35.4 Å². The van der Waals surface area contributed by atoms with Crippen molar-refractivity contribution in [1.82, 2.24) is 10.2 Å². The summed E-state index contributed by atoms with van der Waals surface area (Å²) in [7, 11) is 0. The standard InChI is InChI=1S/C18H19ClN2O2/c19-16-7-5-14(6-8-16)17(21-11-9-20-10-12-21)13-1-3-15(4-2-13)18(22)23/h1-8,17,20H,9-12H2,(H,22,23). The maximum Gasteiger partial charge on any atom is 0.335 e. The number of hydrogen-bond donors (Lipinski definition) is 2. The van der Waals surface area contributed by atoms with Crippen LogP contribution in [0.2, 0.25) is 5.02 Å². The highest BCUT2D eigenvalue weighted by Gasteiger charge is 2.24. The molecule has 0 radical (unpaired) electrons. The summed E-state index contributed by atoms with van der Waals surface area (Å²) < 4.78 is 0. The molecule has 2 aromatic carbocycles. The van der Waals surface area contributed by atoms with E-state index in [9.17, 15) is 4.79 Å². The first-order valence-electron chi connectivity index (χ1n) is 7.68. The molecule has 1 fully saturated rings. The van der Waals surface area contributed by atoms with Gasteiger partial charge in [-0.25, -0.2) is 4.79 Å². The van der Waals surface area contributed by atoms with Gasteiger partial charge in [0.2, 0.25) is 0 Å². The third kappa shape index (κ3) is 3.72. The van der Waals surface area contributed by atoms with Gasteiger partial charge in [-0.2, -0.15) is 0 Å². The molecule has 1 heterocycles. The van der Waals surface area contributed by atoms with E-state index in [0.717, 1.165) is 31.7 Å². The van der Waals surface area contributed by atoms with Gasteiger partial charge >= 0.3 is 5.97 Å². The highest BCUT2D eigenvalue weighted by atomic mass is 35.5. The highest BCUT2D eigenvalue weighted by Crippen LogP contribution is 2.30. The van der Waals surface area contributed by atoms with E-state index in [0.29, 0.717) is 10.6 Å². The first-order chi connectivity index (χ1) is 11.1. The van der Waals surface area contributed by atoms with Crippen molar-refractivity contribution in [2.45, 2.75) is 6.04 Å². The lowest BCUT2D eigenvalue weighted by molar-refractivity contribution is 0.0697. The second kappa shape index (κ2) is 7.13. The molecule has 120 valence electrons. The zero-order valence-corrected chi connectivity index (χ0v) is 13.5. The topological polar surface area (TPSA) is 52.6 Å². The second-order valence-corrected chi connectivity index (χ2v) is 6.10. The molecule has 4 nitrogen and oxygen atoms in total. The van der Waals surface area contributed by atoms with Crippen LogP contribution in [0.5, 0.6) is 0 Å². The van der Waals surface area contributed by atoms with Gasteiger partial charge in [-0.3, -0.25) is 4.90 Å². The molecule has 5 heteroatoms. The van der Waals surface area contributed by atoms with E-state index < -0.39 is 5.97 Å². The van der Waals surface area contributed by atoms with E-state index in [2.05, 4.69) is 10.2 Å². The third-order valence-electron chi connectivity index (χ3n) is 4.18. The predicted molar refractivity (Wildman–Crippen MR) is 91.1 cm³/mol. The SMILES string of the molecule is O=C(O)c1ccc(C(c2ccc(Cl)cc2)N2CCNCC2)cc1. The molecule has 1 aliphatic rings. The Morgan fingerprint density at radius 3 is 2.04 bits per heavy atom. The van der Waals surface area contributed by atoms with Crippen molar-refractivity contribution in [2.75, 3.05) is 26.2 Å². The molecule has 1 atom stereocenters. The number of carboxylic acid groups (broad SMARTS) is 1. The fourth-order valence-electron chi connectivity index (χ4n) is 3.01. The summed E-state index contributed by atoms with van der Waals surface area (Å²) in [4.78, 5) is 13.5. The average Bonchev–Trinajstić information content (AvgIpc) is 2.58. The van der Waals surface area contributed by atoms with Crippen LogP contribution < -0.4 is 5.32 Å². The number of carboxylic acids is 1. The molecule has 1 unspecified atom stereocenters. The molecular weight excluding hydrogens is 312 g/mol. The molecule has 1 saturated heterocycles. The summed E-state index contributed by atoms with van der Waals surface area (Å²) in [5.41, 5.74) is 2.57. The molecule has 0 spiro atoms. The molecule has 0 bridgehead atoms. The normalized spacial score (nSPS) is 16.9. The number of nitrogens with zero attached hydrogens (tertiary/aromatic N) is 1. The Balaban J connectivity index is 1.96. The summed E-state index contributed by atoms with van der Waals surface area (Å²) in [6.45, 7) is 3.82. The van der Waals surface area contributed by atoms with Gasteiger partial charge in [-0.15, -0.1) is 0 Å². The quantitative estimate of drug-likeness (QED) is 0.904. The lowest BCUT2D eigenvalue weighted by atomic mass is 9.95. The number of piperazine rings is 1. The first-order valence-corrected chi connectivity index (χ1v) is 8.06. The molecule has 0 amide bonds. The Labute approximate surface area is 140 Å². The molecule has 23 heavy (non-hydrogen) atoms. The van der Waals surface area contributed by atoms with Crippen LogP contribution in [0.1, 0.15) is 27.5 Å². The smallest absolute Gasteiger partial charge is 0.335 e. The van der Waals surface area contributed by atoms with Crippen LogP contribution in [-0.2, 0) is 0 Å². The van der Waals surface area contributed by atoms with Gasteiger partial charge in [0.05, 0.1) is 11.6 Å². The summed E-state index contributed by atoms with van der Waals surface area (Å²) in [5, 5.41) is 13.2. The summed E-state index contributed by atoms with van der Waals surface area (Å²) >= 11 is 6.01. The van der Waals surface area contributed by atoms with E-state index in [1.54, 1.807) is 12.1 Å². The van der Waals surface area contributed by atoms with Gasteiger partial charge < -0.3 is 10.4 Å². The number of benzene rings is 2. The van der Waals surface area contributed by atoms with Gasteiger partial charge in [-0.1, -0.05) is 35.9 Å². The fraction of sp³-hybridized carbons (Fsp3) is 0.278. The predicted octanol–water partition coefficient (Wildman–Crippen LogP) is 3.03. The van der Waals surface area contributed by atoms with Crippen LogP contribution in [0.3, 0.4) is 0 Å². The van der Waals surface area contributed by atoms with Gasteiger partial charge in [0, 0.05) is 31.2 Å². The van der Waals surface area contributed by atoms with Crippen LogP contribution in [-0.4, -0.2) is 42.2 Å². The number of rotatable bonds is 4. The first kappa shape index (κ1) is 16.0. The maximum atomic E-state index is 11.1. The lowest BCUT2D eigenvalue weighted by Gasteiger charge is -2.35. The molecular formula is C18H19ClN2O2. The molecule has 3 rings (SSSR count). The number of halogens is 1. The Bertz CT molecular complexity index is 664. The Morgan fingerprint density at radius 2 is 1.52 bits per heavy atom. The minimum absolute atomic E-state index is 0.109. The van der Waals surface area contributed by atoms with Crippen molar-refractivity contribution in [3.63, 3.8) is 0 Å². The highest BCUT2D eigenvalue weighted by molar-refractivity contribution is 6.30. The number of aromatic carboxylic acids is 1. The maximum absolute atomic E-state index is 11.1. The van der Waals surface area contributed by atoms with E-state index in [4.69, 9.17) is 16.7 Å². The molecule has 2 N–H and O–H groups in total. The van der Waals surface area contributed by atoms with E-state index in [-0.39, 0.29) is 6.04 Å². The van der Waals surface area contributed by atoms with Crippen molar-refractivity contribution < 1.29 is 9.90 Å². The van der Waals surface area contributed by atoms with Crippen LogP contribution in [0.4, 0.5) is 0 Å². The molecule has 0 aliphatic carbocycles. The van der Waals surface area contributed by atoms with E-state index in [1.165, 1.54) is 5.56 Å². The minimum atomic E-state index is -0.901. The average molecular weight is 331 g/mol. The lowest BCUT2D eigenvalue weighted by Crippen LogP contribution is -2.45. The fourth-order valence-corrected chi connectivity index (χ4v) is 3.13. The Kier molecular flexibility index (Phi) is 4.96. The molecule has 1 aliphatic heterocycles. The van der Waals surface area contributed by atoms with E-state index >= 15 is 0 Å². The third-order valence-corrected chi connectivity index (χ3v) is 4.43. The zero-order valence-electron chi connectivity index (χ0n) is 12.7.